The minimum Gasteiger partial charge on any atom is -0.263 e. The van der Waals surface area contributed by atoms with Crippen molar-refractivity contribution in [2.75, 3.05) is 0 Å². The van der Waals surface area contributed by atoms with Crippen LogP contribution in [0, 0.1) is 6.92 Å². The quantitative estimate of drug-likeness (QED) is 0.773. The van der Waals surface area contributed by atoms with E-state index in [9.17, 15) is 4.21 Å². The van der Waals surface area contributed by atoms with Gasteiger partial charge in [-0.25, -0.2) is 4.21 Å². The number of benzene rings is 1. The molecule has 0 N–H and O–H groups in total. The predicted octanol–water partition coefficient (Wildman–Crippen LogP) is 2.56. The van der Waals surface area contributed by atoms with E-state index in [0.717, 1.165) is 9.79 Å². The maximum atomic E-state index is 12.0. The van der Waals surface area contributed by atoms with Gasteiger partial charge in [0, 0.05) is 17.3 Å². The fourth-order valence-corrected chi connectivity index (χ4v) is 2.27. The smallest absolute Gasteiger partial charge is 0.0865 e. The van der Waals surface area contributed by atoms with Crippen LogP contribution in [0.3, 0.4) is 0 Å². The molecule has 3 heteroatoms. The normalized spacial score (nSPS) is 12.3. The molecule has 0 aliphatic heterocycles. The monoisotopic (exact) mass is 217 g/mol. The van der Waals surface area contributed by atoms with Gasteiger partial charge in [0.25, 0.3) is 0 Å². The first-order valence-corrected chi connectivity index (χ1v) is 5.81. The highest BCUT2D eigenvalue weighted by atomic mass is 32.2. The Bertz CT molecular complexity index is 465. The molecule has 2 aromatic rings. The van der Waals surface area contributed by atoms with Crippen molar-refractivity contribution in [1.82, 2.24) is 4.98 Å². The van der Waals surface area contributed by atoms with Crippen molar-refractivity contribution in [3.8, 4) is 0 Å². The predicted molar refractivity (Wildman–Crippen MR) is 60.1 cm³/mol. The van der Waals surface area contributed by atoms with Crippen LogP contribution in [0.2, 0.25) is 0 Å². The standard InChI is InChI=1S/C12H11NOS/c1-10-4-6-11(7-5-10)15(14)12-3-2-8-13-9-12/h2-9H,1H3/t15-/m0/s1. The first-order chi connectivity index (χ1) is 7.27. The van der Waals surface area contributed by atoms with E-state index in [4.69, 9.17) is 0 Å². The van der Waals surface area contributed by atoms with Crippen LogP contribution in [0.1, 0.15) is 5.56 Å². The number of hydrogen-bond acceptors (Lipinski definition) is 2. The molecule has 76 valence electrons. The molecule has 0 fully saturated rings. The van der Waals surface area contributed by atoms with E-state index in [1.165, 1.54) is 5.56 Å². The summed E-state index contributed by atoms with van der Waals surface area (Å²) in [6.45, 7) is 2.01. The second-order valence-electron chi connectivity index (χ2n) is 3.27. The third-order valence-corrected chi connectivity index (χ3v) is 3.45. The number of pyridine rings is 1. The molecule has 2 rings (SSSR count). The third-order valence-electron chi connectivity index (χ3n) is 2.08. The lowest BCUT2D eigenvalue weighted by Crippen LogP contribution is -1.92. The van der Waals surface area contributed by atoms with Crippen LogP contribution in [0.5, 0.6) is 0 Å². The molecule has 1 aromatic heterocycles. The maximum Gasteiger partial charge on any atom is 0.0865 e. The summed E-state index contributed by atoms with van der Waals surface area (Å²) in [5.74, 6) is 0. The van der Waals surface area contributed by atoms with Crippen LogP contribution in [0.4, 0.5) is 0 Å². The van der Waals surface area contributed by atoms with Crippen molar-refractivity contribution in [1.29, 1.82) is 0 Å². The molecule has 0 aliphatic carbocycles. The summed E-state index contributed by atoms with van der Waals surface area (Å²) in [5, 5.41) is 0. The van der Waals surface area contributed by atoms with Crippen LogP contribution in [0.25, 0.3) is 0 Å². The molecule has 0 bridgehead atoms. The largest absolute Gasteiger partial charge is 0.263 e. The van der Waals surface area contributed by atoms with E-state index in [1.54, 1.807) is 18.5 Å². The third kappa shape index (κ3) is 2.30. The van der Waals surface area contributed by atoms with Gasteiger partial charge in [-0.2, -0.15) is 0 Å². The van der Waals surface area contributed by atoms with Gasteiger partial charge >= 0.3 is 0 Å². The molecule has 0 unspecified atom stereocenters. The Morgan fingerprint density at radius 1 is 1.07 bits per heavy atom. The molecule has 0 saturated carbocycles. The molecule has 0 spiro atoms. The minimum atomic E-state index is -1.12. The summed E-state index contributed by atoms with van der Waals surface area (Å²) in [7, 11) is -1.12. The lowest BCUT2D eigenvalue weighted by atomic mass is 10.2. The first kappa shape index (κ1) is 10.1. The van der Waals surface area contributed by atoms with Gasteiger partial charge in [-0.1, -0.05) is 17.7 Å². The molecular formula is C12H11NOS. The van der Waals surface area contributed by atoms with E-state index in [2.05, 4.69) is 4.98 Å². The average molecular weight is 217 g/mol. The summed E-state index contributed by atoms with van der Waals surface area (Å²) >= 11 is 0. The Morgan fingerprint density at radius 3 is 2.40 bits per heavy atom. The topological polar surface area (TPSA) is 30.0 Å². The molecule has 1 aromatic carbocycles. The molecule has 15 heavy (non-hydrogen) atoms. The Balaban J connectivity index is 2.33. The molecule has 1 atom stereocenters. The number of hydrogen-bond donors (Lipinski definition) is 0. The summed E-state index contributed by atoms with van der Waals surface area (Å²) in [6, 6.07) is 11.3. The number of aromatic nitrogens is 1. The van der Waals surface area contributed by atoms with E-state index >= 15 is 0 Å². The molecule has 0 radical (unpaired) electrons. The van der Waals surface area contributed by atoms with Crippen molar-refractivity contribution in [3.05, 3.63) is 54.4 Å². The second-order valence-corrected chi connectivity index (χ2v) is 4.75. The van der Waals surface area contributed by atoms with E-state index < -0.39 is 10.8 Å². The van der Waals surface area contributed by atoms with Gasteiger partial charge in [-0.05, 0) is 31.2 Å². The summed E-state index contributed by atoms with van der Waals surface area (Å²) in [6.07, 6.45) is 3.31. The van der Waals surface area contributed by atoms with Crippen LogP contribution in [-0.4, -0.2) is 9.19 Å². The fourth-order valence-electron chi connectivity index (χ4n) is 1.25. The Hall–Kier alpha value is -1.48. The molecule has 1 heterocycles. The van der Waals surface area contributed by atoms with Crippen molar-refractivity contribution < 1.29 is 4.21 Å². The van der Waals surface area contributed by atoms with Gasteiger partial charge in [0.1, 0.15) is 0 Å². The van der Waals surface area contributed by atoms with Gasteiger partial charge in [-0.3, -0.25) is 4.98 Å². The van der Waals surface area contributed by atoms with Gasteiger partial charge in [0.2, 0.25) is 0 Å². The van der Waals surface area contributed by atoms with Crippen molar-refractivity contribution in [2.24, 2.45) is 0 Å². The lowest BCUT2D eigenvalue weighted by molar-refractivity contribution is 0.683. The van der Waals surface area contributed by atoms with Crippen molar-refractivity contribution in [2.45, 2.75) is 16.7 Å². The van der Waals surface area contributed by atoms with Gasteiger partial charge < -0.3 is 0 Å². The Morgan fingerprint density at radius 2 is 1.80 bits per heavy atom. The molecule has 2 nitrogen and oxygen atoms in total. The highest BCUT2D eigenvalue weighted by Gasteiger charge is 2.05. The fraction of sp³-hybridized carbons (Fsp3) is 0.0833. The van der Waals surface area contributed by atoms with E-state index in [-0.39, 0.29) is 0 Å². The van der Waals surface area contributed by atoms with Crippen molar-refractivity contribution in [3.63, 3.8) is 0 Å². The maximum absolute atomic E-state index is 12.0. The zero-order chi connectivity index (χ0) is 10.7. The van der Waals surface area contributed by atoms with E-state index in [0.29, 0.717) is 0 Å². The summed E-state index contributed by atoms with van der Waals surface area (Å²) < 4.78 is 12.0. The van der Waals surface area contributed by atoms with Crippen LogP contribution < -0.4 is 0 Å². The molecule has 0 saturated heterocycles. The highest BCUT2D eigenvalue weighted by Crippen LogP contribution is 2.15. The van der Waals surface area contributed by atoms with Crippen LogP contribution >= 0.6 is 0 Å². The van der Waals surface area contributed by atoms with Crippen LogP contribution in [0.15, 0.2) is 58.6 Å². The van der Waals surface area contributed by atoms with Gasteiger partial charge in [0.15, 0.2) is 0 Å². The number of nitrogens with zero attached hydrogens (tertiary/aromatic N) is 1. The first-order valence-electron chi connectivity index (χ1n) is 4.66. The SMILES string of the molecule is Cc1ccc([S@](=O)c2cccnc2)cc1. The van der Waals surface area contributed by atoms with Gasteiger partial charge in [-0.15, -0.1) is 0 Å². The second kappa shape index (κ2) is 4.36. The minimum absolute atomic E-state index is 0.737. The zero-order valence-electron chi connectivity index (χ0n) is 8.38. The summed E-state index contributed by atoms with van der Waals surface area (Å²) in [5.41, 5.74) is 1.17. The Labute approximate surface area is 91.4 Å². The molecule has 0 aliphatic rings. The lowest BCUT2D eigenvalue weighted by Gasteiger charge is -2.01. The molecular weight excluding hydrogens is 206 g/mol. The van der Waals surface area contributed by atoms with Crippen LogP contribution in [-0.2, 0) is 10.8 Å². The number of aryl methyl sites for hydroxylation is 1. The average Bonchev–Trinajstić information content (AvgIpc) is 2.30. The highest BCUT2D eigenvalue weighted by molar-refractivity contribution is 7.85. The van der Waals surface area contributed by atoms with E-state index in [1.807, 2.05) is 37.3 Å². The molecule has 0 amide bonds. The zero-order valence-corrected chi connectivity index (χ0v) is 9.20. The number of rotatable bonds is 2. The summed E-state index contributed by atoms with van der Waals surface area (Å²) in [4.78, 5) is 5.51. The van der Waals surface area contributed by atoms with Gasteiger partial charge in [0.05, 0.1) is 15.7 Å². The van der Waals surface area contributed by atoms with Crippen molar-refractivity contribution >= 4 is 10.8 Å². The Kier molecular flexibility index (Phi) is 2.92.